The first-order valence-corrected chi connectivity index (χ1v) is 6.74. The molecule has 0 saturated carbocycles. The first-order chi connectivity index (χ1) is 9.66. The van der Waals surface area contributed by atoms with Gasteiger partial charge in [-0.1, -0.05) is 29.5 Å². The number of hydrogen-bond donors (Lipinski definition) is 2. The van der Waals surface area contributed by atoms with Crippen molar-refractivity contribution in [2.45, 2.75) is 6.92 Å². The van der Waals surface area contributed by atoms with Gasteiger partial charge in [0.2, 0.25) is 5.13 Å². The first kappa shape index (κ1) is 12.5. The Morgan fingerprint density at radius 3 is 2.90 bits per heavy atom. The lowest BCUT2D eigenvalue weighted by atomic mass is 10.0. The van der Waals surface area contributed by atoms with E-state index in [-0.39, 0.29) is 5.56 Å². The van der Waals surface area contributed by atoms with Crippen LogP contribution in [0.1, 0.15) is 15.9 Å². The number of H-pyrrole nitrogens is 1. The molecule has 3 aromatic rings. The number of rotatable bonds is 2. The van der Waals surface area contributed by atoms with Gasteiger partial charge < -0.3 is 4.98 Å². The van der Waals surface area contributed by atoms with Crippen LogP contribution in [-0.2, 0) is 0 Å². The van der Waals surface area contributed by atoms with Gasteiger partial charge in [-0.2, -0.15) is 0 Å². The molecule has 20 heavy (non-hydrogen) atoms. The zero-order chi connectivity index (χ0) is 14.1. The van der Waals surface area contributed by atoms with Crippen molar-refractivity contribution in [1.29, 1.82) is 0 Å². The van der Waals surface area contributed by atoms with E-state index in [1.54, 1.807) is 13.0 Å². The molecule has 2 N–H and O–H groups in total. The molecule has 0 aliphatic carbocycles. The number of aromatic nitrogens is 3. The normalized spacial score (nSPS) is 10.7. The molecule has 0 saturated heterocycles. The molecule has 3 rings (SSSR count). The number of carbonyl (C=O) groups excluding carboxylic acids is 1. The second kappa shape index (κ2) is 4.86. The summed E-state index contributed by atoms with van der Waals surface area (Å²) in [5, 5.41) is 11.1. The Labute approximate surface area is 117 Å². The van der Waals surface area contributed by atoms with Crippen LogP contribution in [0, 0.1) is 6.92 Å². The molecular formula is C13H10N4O2S. The molecule has 1 aromatic carbocycles. The van der Waals surface area contributed by atoms with E-state index in [1.165, 1.54) is 16.8 Å². The van der Waals surface area contributed by atoms with Crippen LogP contribution in [0.15, 0.2) is 34.6 Å². The molecule has 0 unspecified atom stereocenters. The number of nitrogens with zero attached hydrogens (tertiary/aromatic N) is 2. The molecule has 0 aliphatic heterocycles. The zero-order valence-electron chi connectivity index (χ0n) is 10.5. The van der Waals surface area contributed by atoms with Crippen LogP contribution in [0.25, 0.3) is 10.9 Å². The summed E-state index contributed by atoms with van der Waals surface area (Å²) < 4.78 is 0. The summed E-state index contributed by atoms with van der Waals surface area (Å²) in [6.07, 6.45) is 0. The summed E-state index contributed by atoms with van der Waals surface area (Å²) in [5.41, 5.74) is 2.54. The van der Waals surface area contributed by atoms with Gasteiger partial charge in [0.15, 0.2) is 0 Å². The lowest BCUT2D eigenvalue weighted by molar-refractivity contribution is 0.102. The number of aryl methyl sites for hydroxylation is 1. The van der Waals surface area contributed by atoms with E-state index in [0.29, 0.717) is 16.2 Å². The fourth-order valence-corrected chi connectivity index (χ4v) is 2.51. The number of benzene rings is 1. The largest absolute Gasteiger partial charge is 0.321 e. The number of carbonyl (C=O) groups is 1. The third-order valence-electron chi connectivity index (χ3n) is 2.99. The Kier molecular flexibility index (Phi) is 3.03. The number of nitrogens with one attached hydrogen (secondary N) is 2. The Hall–Kier alpha value is -2.54. The third kappa shape index (κ3) is 2.08. The van der Waals surface area contributed by atoms with Gasteiger partial charge in [-0.25, -0.2) is 0 Å². The summed E-state index contributed by atoms with van der Waals surface area (Å²) in [6, 6.07) is 7.36. The monoisotopic (exact) mass is 286 g/mol. The molecule has 0 spiro atoms. The van der Waals surface area contributed by atoms with Gasteiger partial charge in [-0.05, 0) is 18.6 Å². The number of aromatic amines is 1. The Bertz CT molecular complexity index is 839. The number of hydrogen-bond acceptors (Lipinski definition) is 5. The minimum absolute atomic E-state index is 0.0962. The van der Waals surface area contributed by atoms with E-state index in [2.05, 4.69) is 20.5 Å². The highest BCUT2D eigenvalue weighted by molar-refractivity contribution is 7.13. The molecule has 7 heteroatoms. The molecule has 0 atom stereocenters. The molecule has 2 heterocycles. The highest BCUT2D eigenvalue weighted by atomic mass is 32.1. The molecule has 0 radical (unpaired) electrons. The van der Waals surface area contributed by atoms with Crippen molar-refractivity contribution in [3.63, 3.8) is 0 Å². The predicted molar refractivity (Wildman–Crippen MR) is 77.2 cm³/mol. The highest BCUT2D eigenvalue weighted by Gasteiger charge is 2.17. The topological polar surface area (TPSA) is 87.7 Å². The van der Waals surface area contributed by atoms with Gasteiger partial charge in [0, 0.05) is 10.9 Å². The number of para-hydroxylation sites is 1. The lowest BCUT2D eigenvalue weighted by Crippen LogP contribution is -2.25. The van der Waals surface area contributed by atoms with Crippen molar-refractivity contribution >= 4 is 33.3 Å². The zero-order valence-corrected chi connectivity index (χ0v) is 11.3. The molecule has 100 valence electrons. The Morgan fingerprint density at radius 2 is 2.15 bits per heavy atom. The fraction of sp³-hybridized carbons (Fsp3) is 0.0769. The van der Waals surface area contributed by atoms with Crippen LogP contribution in [-0.4, -0.2) is 21.1 Å². The van der Waals surface area contributed by atoms with Crippen LogP contribution in [0.5, 0.6) is 0 Å². The summed E-state index contributed by atoms with van der Waals surface area (Å²) in [5.74, 6) is -0.480. The summed E-state index contributed by atoms with van der Waals surface area (Å²) in [4.78, 5) is 27.0. The first-order valence-electron chi connectivity index (χ1n) is 5.86. The maximum Gasteiger partial charge on any atom is 0.263 e. The molecule has 0 bridgehead atoms. The summed E-state index contributed by atoms with van der Waals surface area (Å²) >= 11 is 1.19. The molecule has 6 nitrogen and oxygen atoms in total. The molecular weight excluding hydrogens is 276 g/mol. The van der Waals surface area contributed by atoms with Crippen molar-refractivity contribution in [3.05, 3.63) is 51.3 Å². The molecule has 0 aliphatic rings. The smallest absolute Gasteiger partial charge is 0.263 e. The van der Waals surface area contributed by atoms with Crippen molar-refractivity contribution in [2.24, 2.45) is 0 Å². The number of amides is 1. The second-order valence-electron chi connectivity index (χ2n) is 4.20. The second-order valence-corrected chi connectivity index (χ2v) is 5.03. The van der Waals surface area contributed by atoms with Gasteiger partial charge in [0.25, 0.3) is 11.5 Å². The van der Waals surface area contributed by atoms with Crippen molar-refractivity contribution in [1.82, 2.24) is 15.2 Å². The number of fused-ring (bicyclic) bond motifs is 1. The average Bonchev–Trinajstić information content (AvgIpc) is 2.91. The molecule has 0 fully saturated rings. The quantitative estimate of drug-likeness (QED) is 0.753. The van der Waals surface area contributed by atoms with E-state index >= 15 is 0 Å². The average molecular weight is 286 g/mol. The van der Waals surface area contributed by atoms with E-state index < -0.39 is 11.5 Å². The van der Waals surface area contributed by atoms with E-state index in [1.807, 2.05) is 18.2 Å². The Morgan fingerprint density at radius 1 is 1.35 bits per heavy atom. The fourth-order valence-electron chi connectivity index (χ4n) is 2.07. The SMILES string of the molecule is Cc1c(C(=O)Nc2nncs2)c(=O)[nH]c2ccccc12. The summed E-state index contributed by atoms with van der Waals surface area (Å²) in [6.45, 7) is 1.76. The minimum Gasteiger partial charge on any atom is -0.321 e. The Balaban J connectivity index is 2.11. The van der Waals surface area contributed by atoms with Crippen LogP contribution < -0.4 is 10.9 Å². The van der Waals surface area contributed by atoms with Crippen LogP contribution in [0.2, 0.25) is 0 Å². The number of pyridine rings is 1. The van der Waals surface area contributed by atoms with Crippen LogP contribution >= 0.6 is 11.3 Å². The highest BCUT2D eigenvalue weighted by Crippen LogP contribution is 2.18. The standard InChI is InChI=1S/C13H10N4O2S/c1-7-8-4-2-3-5-9(8)15-11(18)10(7)12(19)16-13-17-14-6-20-13/h2-6H,1H3,(H,15,18)(H,16,17,19). The molecule has 1 amide bonds. The maximum absolute atomic E-state index is 12.2. The number of anilines is 1. The van der Waals surface area contributed by atoms with E-state index in [0.717, 1.165) is 5.39 Å². The van der Waals surface area contributed by atoms with Crippen LogP contribution in [0.3, 0.4) is 0 Å². The van der Waals surface area contributed by atoms with Crippen LogP contribution in [0.4, 0.5) is 5.13 Å². The minimum atomic E-state index is -0.480. The van der Waals surface area contributed by atoms with Crippen molar-refractivity contribution in [2.75, 3.05) is 5.32 Å². The van der Waals surface area contributed by atoms with Gasteiger partial charge in [-0.15, -0.1) is 10.2 Å². The van der Waals surface area contributed by atoms with E-state index in [4.69, 9.17) is 0 Å². The van der Waals surface area contributed by atoms with Gasteiger partial charge in [0.1, 0.15) is 11.1 Å². The van der Waals surface area contributed by atoms with Gasteiger partial charge in [-0.3, -0.25) is 14.9 Å². The van der Waals surface area contributed by atoms with Gasteiger partial charge in [0.05, 0.1) is 0 Å². The maximum atomic E-state index is 12.2. The summed E-state index contributed by atoms with van der Waals surface area (Å²) in [7, 11) is 0. The van der Waals surface area contributed by atoms with Gasteiger partial charge >= 0.3 is 0 Å². The lowest BCUT2D eigenvalue weighted by Gasteiger charge is -2.07. The third-order valence-corrected chi connectivity index (χ3v) is 3.60. The predicted octanol–water partition coefficient (Wildman–Crippen LogP) is 1.94. The van der Waals surface area contributed by atoms with Crippen molar-refractivity contribution in [3.8, 4) is 0 Å². The molecule has 2 aromatic heterocycles. The van der Waals surface area contributed by atoms with Crippen molar-refractivity contribution < 1.29 is 4.79 Å². The van der Waals surface area contributed by atoms with E-state index in [9.17, 15) is 9.59 Å².